The molecular weight excluding hydrogens is 152 g/mol. The van der Waals surface area contributed by atoms with Crippen LogP contribution in [0.1, 0.15) is 6.42 Å². The van der Waals surface area contributed by atoms with Crippen LogP contribution >= 0.6 is 0 Å². The first-order valence-corrected chi connectivity index (χ1v) is 2.65. The van der Waals surface area contributed by atoms with Crippen LogP contribution in [0.2, 0.25) is 0 Å². The molecule has 0 spiro atoms. The topological polar surface area (TPSA) is 127 Å². The number of amides is 4. The Morgan fingerprint density at radius 1 is 1.18 bits per heavy atom. The molecule has 0 aliphatic rings. The molecule has 0 aliphatic carbocycles. The number of hydrogen-bond donors (Lipinski definition) is 4. The Bertz CT molecular complexity index is 190. The van der Waals surface area contributed by atoms with Gasteiger partial charge in [-0.2, -0.15) is 0 Å². The van der Waals surface area contributed by atoms with Crippen LogP contribution in [-0.4, -0.2) is 17.8 Å². The summed E-state index contributed by atoms with van der Waals surface area (Å²) in [5.41, 5.74) is 6.29. The minimum Gasteiger partial charge on any atom is -0.351 e. The number of nitrogens with two attached hydrogens (primary N) is 2. The molecule has 0 saturated carbocycles. The zero-order valence-electron chi connectivity index (χ0n) is 5.59. The summed E-state index contributed by atoms with van der Waals surface area (Å²) in [6.45, 7) is 0. The first kappa shape index (κ1) is 9.37. The number of carbonyl (C=O) groups excluding carboxylic acids is 3. The molecule has 7 nitrogen and oxygen atoms in total. The number of hydrazine groups is 1. The van der Waals surface area contributed by atoms with Crippen LogP contribution in [0.3, 0.4) is 0 Å². The summed E-state index contributed by atoms with van der Waals surface area (Å²) in [5.74, 6) is 3.17. The maximum Gasteiger partial charge on any atom is 0.318 e. The van der Waals surface area contributed by atoms with Gasteiger partial charge in [0, 0.05) is 0 Å². The van der Waals surface area contributed by atoms with E-state index < -0.39 is 24.3 Å². The number of hydrogen-bond acceptors (Lipinski definition) is 4. The molecular formula is C4H8N4O3. The monoisotopic (exact) mass is 160 g/mol. The Kier molecular flexibility index (Phi) is 3.60. The highest BCUT2D eigenvalue weighted by Gasteiger charge is 2.08. The van der Waals surface area contributed by atoms with Crippen molar-refractivity contribution in [3.63, 3.8) is 0 Å². The van der Waals surface area contributed by atoms with Crippen LogP contribution in [0.4, 0.5) is 4.79 Å². The van der Waals surface area contributed by atoms with Crippen molar-refractivity contribution in [2.75, 3.05) is 0 Å². The van der Waals surface area contributed by atoms with Gasteiger partial charge in [0.05, 0.1) is 0 Å². The fourth-order valence-corrected chi connectivity index (χ4v) is 0.378. The van der Waals surface area contributed by atoms with E-state index in [1.807, 2.05) is 0 Å². The largest absolute Gasteiger partial charge is 0.351 e. The highest BCUT2D eigenvalue weighted by molar-refractivity contribution is 6.03. The second-order valence-corrected chi connectivity index (χ2v) is 1.66. The van der Waals surface area contributed by atoms with E-state index in [9.17, 15) is 14.4 Å². The number of carbonyl (C=O) groups is 3. The number of rotatable bonds is 2. The molecule has 0 fully saturated rings. The lowest BCUT2D eigenvalue weighted by atomic mass is 10.4. The minimum atomic E-state index is -1.00. The highest BCUT2D eigenvalue weighted by atomic mass is 16.2. The molecule has 0 rings (SSSR count). The maximum atomic E-state index is 10.5. The van der Waals surface area contributed by atoms with E-state index in [2.05, 4.69) is 11.6 Å². The smallest absolute Gasteiger partial charge is 0.318 e. The normalized spacial score (nSPS) is 8.45. The van der Waals surface area contributed by atoms with Crippen molar-refractivity contribution < 1.29 is 14.4 Å². The van der Waals surface area contributed by atoms with Gasteiger partial charge in [0.15, 0.2) is 0 Å². The second-order valence-electron chi connectivity index (χ2n) is 1.66. The summed E-state index contributed by atoms with van der Waals surface area (Å²) in [5, 5.41) is 1.69. The third-order valence-corrected chi connectivity index (χ3v) is 0.745. The van der Waals surface area contributed by atoms with E-state index in [-0.39, 0.29) is 0 Å². The minimum absolute atomic E-state index is 0.514. The van der Waals surface area contributed by atoms with Crippen molar-refractivity contribution in [1.29, 1.82) is 0 Å². The van der Waals surface area contributed by atoms with E-state index >= 15 is 0 Å². The van der Waals surface area contributed by atoms with E-state index in [1.54, 1.807) is 10.7 Å². The zero-order valence-corrected chi connectivity index (χ0v) is 5.59. The van der Waals surface area contributed by atoms with Crippen LogP contribution < -0.4 is 22.3 Å². The molecule has 62 valence electrons. The molecule has 0 bridgehead atoms. The molecule has 0 radical (unpaired) electrons. The van der Waals surface area contributed by atoms with E-state index in [4.69, 9.17) is 0 Å². The molecule has 0 aromatic rings. The van der Waals surface area contributed by atoms with Crippen molar-refractivity contribution in [2.45, 2.75) is 6.42 Å². The van der Waals surface area contributed by atoms with Crippen LogP contribution in [0.15, 0.2) is 0 Å². The van der Waals surface area contributed by atoms with Gasteiger partial charge < -0.3 is 5.73 Å². The predicted octanol–water partition coefficient (Wildman–Crippen LogP) is -2.44. The van der Waals surface area contributed by atoms with Crippen molar-refractivity contribution in [3.8, 4) is 0 Å². The number of primary amides is 1. The lowest BCUT2D eigenvalue weighted by Crippen LogP contribution is -2.39. The Labute approximate surface area is 62.1 Å². The molecule has 0 aromatic carbocycles. The Hall–Kier alpha value is -1.63. The summed E-state index contributed by atoms with van der Waals surface area (Å²) in [6.07, 6.45) is -0.514. The van der Waals surface area contributed by atoms with Gasteiger partial charge in [-0.05, 0) is 0 Å². The van der Waals surface area contributed by atoms with Crippen molar-refractivity contribution in [1.82, 2.24) is 10.7 Å². The van der Waals surface area contributed by atoms with Gasteiger partial charge in [-0.15, -0.1) is 0 Å². The molecule has 6 N–H and O–H groups in total. The van der Waals surface area contributed by atoms with Gasteiger partial charge in [-0.25, -0.2) is 10.6 Å². The van der Waals surface area contributed by atoms with Gasteiger partial charge in [-0.3, -0.25) is 20.3 Å². The summed E-state index contributed by atoms with van der Waals surface area (Å²) in [7, 11) is 0. The van der Waals surface area contributed by atoms with Crippen molar-refractivity contribution >= 4 is 17.8 Å². The quantitative estimate of drug-likeness (QED) is 0.155. The summed E-state index contributed by atoms with van der Waals surface area (Å²) < 4.78 is 0. The molecule has 7 heteroatoms. The molecule has 0 unspecified atom stereocenters. The van der Waals surface area contributed by atoms with Crippen molar-refractivity contribution in [3.05, 3.63) is 0 Å². The molecule has 0 aromatic heterocycles. The van der Waals surface area contributed by atoms with Gasteiger partial charge in [-0.1, -0.05) is 0 Å². The van der Waals surface area contributed by atoms with Crippen LogP contribution in [-0.2, 0) is 9.59 Å². The van der Waals surface area contributed by atoms with Crippen LogP contribution in [0.5, 0.6) is 0 Å². The molecule has 4 amide bonds. The Morgan fingerprint density at radius 2 is 1.73 bits per heavy atom. The van der Waals surface area contributed by atoms with Gasteiger partial charge in [0.25, 0.3) is 0 Å². The molecule has 0 heterocycles. The SMILES string of the molecule is NNC(=O)CC(=O)NC(N)=O. The molecule has 0 aliphatic heterocycles. The number of nitrogens with one attached hydrogen (secondary N) is 2. The molecule has 0 saturated heterocycles. The average Bonchev–Trinajstić information content (AvgIpc) is 1.85. The summed E-state index contributed by atoms with van der Waals surface area (Å²) in [6, 6.07) is -1.00. The maximum absolute atomic E-state index is 10.5. The first-order valence-electron chi connectivity index (χ1n) is 2.65. The van der Waals surface area contributed by atoms with Gasteiger partial charge >= 0.3 is 6.03 Å². The average molecular weight is 160 g/mol. The fourth-order valence-electron chi connectivity index (χ4n) is 0.378. The van der Waals surface area contributed by atoms with Gasteiger partial charge in [0.2, 0.25) is 11.8 Å². The highest BCUT2D eigenvalue weighted by Crippen LogP contribution is 1.76. The lowest BCUT2D eigenvalue weighted by molar-refractivity contribution is -0.128. The van der Waals surface area contributed by atoms with E-state index in [1.165, 1.54) is 0 Å². The fraction of sp³-hybridized carbons (Fsp3) is 0.250. The standard InChI is InChI=1S/C4H8N4O3/c5-4(11)7-2(9)1-3(10)8-6/h1,6H2,(H,8,10)(H3,5,7,9,11). The summed E-state index contributed by atoms with van der Waals surface area (Å²) >= 11 is 0. The van der Waals surface area contributed by atoms with Gasteiger partial charge in [0.1, 0.15) is 6.42 Å². The van der Waals surface area contributed by atoms with Crippen LogP contribution in [0, 0.1) is 0 Å². The second kappa shape index (κ2) is 4.23. The Balaban J connectivity index is 3.70. The predicted molar refractivity (Wildman–Crippen MR) is 34.7 cm³/mol. The first-order chi connectivity index (χ1) is 5.06. The number of imide groups is 1. The zero-order chi connectivity index (χ0) is 8.85. The molecule has 0 atom stereocenters. The molecule has 11 heavy (non-hydrogen) atoms. The summed E-state index contributed by atoms with van der Waals surface area (Å²) in [4.78, 5) is 30.9. The lowest BCUT2D eigenvalue weighted by Gasteiger charge is -1.98. The third kappa shape index (κ3) is 4.85. The van der Waals surface area contributed by atoms with E-state index in [0.717, 1.165) is 0 Å². The van der Waals surface area contributed by atoms with Crippen LogP contribution in [0.25, 0.3) is 0 Å². The Morgan fingerprint density at radius 3 is 2.09 bits per heavy atom. The third-order valence-electron chi connectivity index (χ3n) is 0.745. The number of urea groups is 1. The van der Waals surface area contributed by atoms with E-state index in [0.29, 0.717) is 0 Å². The van der Waals surface area contributed by atoms with Crippen molar-refractivity contribution in [2.24, 2.45) is 11.6 Å².